The number of fused-ring (bicyclic) bond motifs is 1. The number of alkyl halides is 3. The third kappa shape index (κ3) is 5.21. The lowest BCUT2D eigenvalue weighted by Gasteiger charge is -2.21. The number of aryl methyl sites for hydroxylation is 1. The van der Waals surface area contributed by atoms with Crippen LogP contribution in [-0.4, -0.2) is 39.1 Å². The number of aromatic nitrogens is 3. The third-order valence-electron chi connectivity index (χ3n) is 6.95. The average Bonchev–Trinajstić information content (AvgIpc) is 3.37. The molecule has 2 aliphatic rings. The van der Waals surface area contributed by atoms with Crippen LogP contribution in [0.4, 0.5) is 17.6 Å². The van der Waals surface area contributed by atoms with E-state index in [0.717, 1.165) is 43.4 Å². The Morgan fingerprint density at radius 1 is 1.06 bits per heavy atom. The summed E-state index contributed by atoms with van der Waals surface area (Å²) in [5.41, 5.74) is -0.888. The Morgan fingerprint density at radius 3 is 2.44 bits per heavy atom. The molecule has 2 atom stereocenters. The zero-order valence-corrected chi connectivity index (χ0v) is 20.6. The number of rotatable bonds is 6. The van der Waals surface area contributed by atoms with Crippen LogP contribution in [0.1, 0.15) is 24.0 Å². The van der Waals surface area contributed by atoms with Gasteiger partial charge in [0, 0.05) is 43.0 Å². The Bertz CT molecular complexity index is 1340. The molecule has 2 fully saturated rings. The number of hydrogen-bond acceptors (Lipinski definition) is 4. The summed E-state index contributed by atoms with van der Waals surface area (Å²) in [4.78, 5) is 32.6. The van der Waals surface area contributed by atoms with E-state index in [-0.39, 0.29) is 41.4 Å². The van der Waals surface area contributed by atoms with E-state index >= 15 is 0 Å². The standard InChI is InChI=1S/C24H22F4N4O2.2ClH/c25-20-11-29-7-6-18(20)19-13-32(22(34)30-21(19)33)9-1-8-31-12-17-10-23(17,14-31)15-2-4-16(5-3-15)24(26,27)28;;/h2-7,11,13,17H,1,8-10,12,14H2,(H,30,33,34);2*1H/t17-,23+;;/m0../s1. The minimum Gasteiger partial charge on any atom is -0.302 e. The molecule has 0 spiro atoms. The minimum absolute atomic E-state index is 0. The van der Waals surface area contributed by atoms with E-state index in [0.29, 0.717) is 25.4 Å². The molecule has 6 nitrogen and oxygen atoms in total. The van der Waals surface area contributed by atoms with Crippen molar-refractivity contribution in [3.63, 3.8) is 0 Å². The Hall–Kier alpha value is -2.69. The minimum atomic E-state index is -4.34. The topological polar surface area (TPSA) is 71.0 Å². The summed E-state index contributed by atoms with van der Waals surface area (Å²) in [6, 6.07) is 6.85. The monoisotopic (exact) mass is 546 g/mol. The molecule has 1 saturated heterocycles. The Kier molecular flexibility index (Phi) is 8.02. The number of hydrogen-bond donors (Lipinski definition) is 1. The number of halogens is 6. The Labute approximate surface area is 216 Å². The van der Waals surface area contributed by atoms with E-state index in [2.05, 4.69) is 14.9 Å². The van der Waals surface area contributed by atoms with Crippen molar-refractivity contribution in [3.05, 3.63) is 86.7 Å². The number of H-pyrrole nitrogens is 1. The Balaban J connectivity index is 0.00000180. The summed E-state index contributed by atoms with van der Waals surface area (Å²) >= 11 is 0. The summed E-state index contributed by atoms with van der Waals surface area (Å²) < 4.78 is 54.0. The molecule has 0 radical (unpaired) electrons. The maximum Gasteiger partial charge on any atom is 0.416 e. The van der Waals surface area contributed by atoms with Crippen LogP contribution in [0.5, 0.6) is 0 Å². The van der Waals surface area contributed by atoms with Crippen LogP contribution in [0.2, 0.25) is 0 Å². The molecule has 1 aliphatic carbocycles. The summed E-state index contributed by atoms with van der Waals surface area (Å²) in [6.45, 7) is 2.65. The van der Waals surface area contributed by atoms with Gasteiger partial charge in [0.1, 0.15) is 5.82 Å². The van der Waals surface area contributed by atoms with Gasteiger partial charge in [0.25, 0.3) is 5.56 Å². The molecule has 194 valence electrons. The second-order valence-corrected chi connectivity index (χ2v) is 9.07. The van der Waals surface area contributed by atoms with Crippen LogP contribution in [0.15, 0.2) is 58.5 Å². The van der Waals surface area contributed by atoms with E-state index in [1.165, 1.54) is 23.0 Å². The lowest BCUT2D eigenvalue weighted by molar-refractivity contribution is -0.137. The molecule has 3 heterocycles. The summed E-state index contributed by atoms with van der Waals surface area (Å²) in [5, 5.41) is 0. The van der Waals surface area contributed by atoms with Gasteiger partial charge in [-0.2, -0.15) is 13.2 Å². The number of benzene rings is 1. The molecule has 0 bridgehead atoms. The maximum absolute atomic E-state index is 14.1. The fraction of sp³-hybridized carbons (Fsp3) is 0.375. The van der Waals surface area contributed by atoms with Crippen molar-refractivity contribution in [1.82, 2.24) is 19.4 Å². The lowest BCUT2D eigenvalue weighted by Crippen LogP contribution is -2.32. The zero-order chi connectivity index (χ0) is 24.1. The van der Waals surface area contributed by atoms with Crippen LogP contribution in [-0.2, 0) is 18.1 Å². The van der Waals surface area contributed by atoms with Gasteiger partial charge in [-0.1, -0.05) is 12.1 Å². The van der Waals surface area contributed by atoms with Crippen molar-refractivity contribution >= 4 is 24.8 Å². The molecule has 12 heteroatoms. The van der Waals surface area contributed by atoms with Gasteiger partial charge in [-0.3, -0.25) is 19.3 Å². The van der Waals surface area contributed by atoms with E-state index in [1.54, 1.807) is 12.1 Å². The number of nitrogens with zero attached hydrogens (tertiary/aromatic N) is 3. The van der Waals surface area contributed by atoms with Gasteiger partial charge in [0.15, 0.2) is 0 Å². The second kappa shape index (κ2) is 10.4. The van der Waals surface area contributed by atoms with E-state index in [1.807, 2.05) is 0 Å². The smallest absolute Gasteiger partial charge is 0.302 e. The predicted octanol–water partition coefficient (Wildman–Crippen LogP) is 4.26. The van der Waals surface area contributed by atoms with Gasteiger partial charge in [-0.05, 0) is 49.1 Å². The predicted molar refractivity (Wildman–Crippen MR) is 131 cm³/mol. The van der Waals surface area contributed by atoms with Crippen molar-refractivity contribution in [2.45, 2.75) is 31.0 Å². The molecule has 1 aliphatic heterocycles. The molecule has 0 amide bonds. The number of piperidine rings is 1. The molecule has 3 aromatic rings. The molecular formula is C24H24Cl2F4N4O2. The number of nitrogens with one attached hydrogen (secondary N) is 1. The molecule has 5 rings (SSSR count). The fourth-order valence-electron chi connectivity index (χ4n) is 5.12. The van der Waals surface area contributed by atoms with Crippen molar-refractivity contribution in [2.24, 2.45) is 5.92 Å². The van der Waals surface area contributed by atoms with Crippen molar-refractivity contribution < 1.29 is 17.6 Å². The van der Waals surface area contributed by atoms with Gasteiger partial charge in [-0.25, -0.2) is 9.18 Å². The summed E-state index contributed by atoms with van der Waals surface area (Å²) in [6.07, 6.45) is 0.997. The molecule has 2 aromatic heterocycles. The zero-order valence-electron chi connectivity index (χ0n) is 18.9. The molecule has 0 unspecified atom stereocenters. The highest BCUT2D eigenvalue weighted by atomic mass is 35.5. The van der Waals surface area contributed by atoms with E-state index in [9.17, 15) is 27.2 Å². The highest BCUT2D eigenvalue weighted by molar-refractivity contribution is 5.85. The number of aromatic amines is 1. The lowest BCUT2D eigenvalue weighted by atomic mass is 9.94. The van der Waals surface area contributed by atoms with Crippen LogP contribution < -0.4 is 11.2 Å². The van der Waals surface area contributed by atoms with Crippen LogP contribution >= 0.6 is 24.8 Å². The van der Waals surface area contributed by atoms with Crippen molar-refractivity contribution in [1.29, 1.82) is 0 Å². The normalized spacial score (nSPS) is 20.8. The highest BCUT2D eigenvalue weighted by Gasteiger charge is 2.60. The van der Waals surface area contributed by atoms with E-state index in [4.69, 9.17) is 0 Å². The van der Waals surface area contributed by atoms with E-state index < -0.39 is 28.8 Å². The van der Waals surface area contributed by atoms with Crippen LogP contribution in [0, 0.1) is 11.7 Å². The van der Waals surface area contributed by atoms with Gasteiger partial charge < -0.3 is 4.90 Å². The first-order valence-corrected chi connectivity index (χ1v) is 11.0. The number of pyridine rings is 1. The largest absolute Gasteiger partial charge is 0.416 e. The SMILES string of the molecule is Cl.Cl.O=c1[nH]c(=O)n(CCCN2C[C@@H]3C[C@]3(c3ccc(C(F)(F)F)cc3)C2)cc1-c1ccncc1F. The molecule has 36 heavy (non-hydrogen) atoms. The first-order valence-electron chi connectivity index (χ1n) is 11.0. The second-order valence-electron chi connectivity index (χ2n) is 9.07. The van der Waals surface area contributed by atoms with Crippen LogP contribution in [0.3, 0.4) is 0 Å². The third-order valence-corrected chi connectivity index (χ3v) is 6.95. The summed E-state index contributed by atoms with van der Waals surface area (Å²) in [5.74, 6) is -0.232. The molecular weight excluding hydrogens is 523 g/mol. The first kappa shape index (κ1) is 27.9. The molecule has 1 aromatic carbocycles. The van der Waals surface area contributed by atoms with Gasteiger partial charge in [-0.15, -0.1) is 24.8 Å². The first-order chi connectivity index (χ1) is 16.2. The molecule has 1 N–H and O–H groups in total. The highest BCUT2D eigenvalue weighted by Crippen LogP contribution is 2.59. The van der Waals surface area contributed by atoms with Crippen molar-refractivity contribution in [2.75, 3.05) is 19.6 Å². The van der Waals surface area contributed by atoms with Gasteiger partial charge >= 0.3 is 11.9 Å². The number of likely N-dealkylation sites (tertiary alicyclic amines) is 1. The summed E-state index contributed by atoms with van der Waals surface area (Å²) in [7, 11) is 0. The van der Waals surface area contributed by atoms with Crippen LogP contribution in [0.25, 0.3) is 11.1 Å². The fourth-order valence-corrected chi connectivity index (χ4v) is 5.12. The maximum atomic E-state index is 14.1. The van der Waals surface area contributed by atoms with Gasteiger partial charge in [0.2, 0.25) is 0 Å². The Morgan fingerprint density at radius 2 is 1.78 bits per heavy atom. The molecule has 1 saturated carbocycles. The van der Waals surface area contributed by atoms with Gasteiger partial charge in [0.05, 0.1) is 17.3 Å². The quantitative estimate of drug-likeness (QED) is 0.469. The van der Waals surface area contributed by atoms with Crippen molar-refractivity contribution in [3.8, 4) is 11.1 Å². The average molecular weight is 547 g/mol.